The monoisotopic (exact) mass is 404 g/mol. The Morgan fingerprint density at radius 3 is 1.57 bits per heavy atom. The number of ketones is 1. The standard InChI is InChI=1S/C27H26O3/c1-29-26-13-9-21-15-19(3-7-23(21)17-26)5-11-25(28)12-6-20-4-8-24-18-27(30-2)14-10-22(24)16-20/h3-4,7-10,13-18H,5-6,11-12H2,1-2H3/i1D3,2D3. The van der Waals surface area contributed by atoms with E-state index >= 15 is 0 Å². The summed E-state index contributed by atoms with van der Waals surface area (Å²) in [4.78, 5) is 12.5. The maximum atomic E-state index is 12.5. The summed E-state index contributed by atoms with van der Waals surface area (Å²) < 4.78 is 53.2. The quantitative estimate of drug-likeness (QED) is 0.354. The Labute approximate surface area is 185 Å². The van der Waals surface area contributed by atoms with Crippen molar-refractivity contribution in [3.05, 3.63) is 83.9 Å². The van der Waals surface area contributed by atoms with Gasteiger partial charge in [0.05, 0.1) is 22.3 Å². The van der Waals surface area contributed by atoms with Gasteiger partial charge in [-0.1, -0.05) is 48.5 Å². The lowest BCUT2D eigenvalue weighted by Gasteiger charge is -2.07. The highest BCUT2D eigenvalue weighted by molar-refractivity contribution is 5.86. The average Bonchev–Trinajstić information content (AvgIpc) is 2.79. The van der Waals surface area contributed by atoms with Crippen LogP contribution >= 0.6 is 0 Å². The summed E-state index contributed by atoms with van der Waals surface area (Å²) in [5, 5.41) is 3.67. The first-order valence-electron chi connectivity index (χ1n) is 12.9. The second-order valence-electron chi connectivity index (χ2n) is 7.43. The molecule has 0 atom stereocenters. The van der Waals surface area contributed by atoms with Gasteiger partial charge in [0, 0.05) is 12.8 Å². The van der Waals surface area contributed by atoms with Gasteiger partial charge in [0.1, 0.15) is 17.3 Å². The molecule has 0 amide bonds. The number of fused-ring (bicyclic) bond motifs is 2. The van der Waals surface area contributed by atoms with E-state index in [9.17, 15) is 4.79 Å². The number of benzene rings is 4. The largest absolute Gasteiger partial charge is 0.497 e. The first-order chi connectivity index (χ1) is 16.9. The molecule has 0 aliphatic heterocycles. The Bertz CT molecular complexity index is 1290. The second-order valence-corrected chi connectivity index (χ2v) is 7.43. The fourth-order valence-corrected chi connectivity index (χ4v) is 3.68. The summed E-state index contributed by atoms with van der Waals surface area (Å²) in [6, 6.07) is 22.0. The zero-order chi connectivity index (χ0) is 25.9. The zero-order valence-corrected chi connectivity index (χ0v) is 16.5. The van der Waals surface area contributed by atoms with Gasteiger partial charge in [0.25, 0.3) is 0 Å². The molecule has 4 rings (SSSR count). The normalized spacial score (nSPS) is 14.8. The molecule has 0 heterocycles. The number of hydrogen-bond acceptors (Lipinski definition) is 3. The molecule has 0 aliphatic carbocycles. The predicted octanol–water partition coefficient (Wildman–Crippen LogP) is 6.14. The number of Topliss-reactive ketones (excluding diaryl/α,β-unsaturated/α-hetero) is 1. The van der Waals surface area contributed by atoms with E-state index in [1.54, 1.807) is 24.3 Å². The number of rotatable bonds is 8. The summed E-state index contributed by atoms with van der Waals surface area (Å²) >= 11 is 0. The van der Waals surface area contributed by atoms with E-state index in [4.69, 9.17) is 17.7 Å². The second kappa shape index (κ2) is 9.00. The molecule has 3 nitrogen and oxygen atoms in total. The lowest BCUT2D eigenvalue weighted by atomic mass is 9.99. The van der Waals surface area contributed by atoms with E-state index in [0.29, 0.717) is 37.2 Å². The van der Waals surface area contributed by atoms with Gasteiger partial charge < -0.3 is 9.47 Å². The van der Waals surface area contributed by atoms with Crippen LogP contribution in [0.25, 0.3) is 21.5 Å². The molecule has 0 spiro atoms. The summed E-state index contributed by atoms with van der Waals surface area (Å²) in [6.07, 6.45) is 2.14. The molecular formula is C27H26O3. The molecule has 0 radical (unpaired) electrons. The third-order valence-electron chi connectivity index (χ3n) is 5.37. The summed E-state index contributed by atoms with van der Waals surface area (Å²) in [5.41, 5.74) is 2.09. The van der Waals surface area contributed by atoms with Gasteiger partial charge in [-0.15, -0.1) is 0 Å². The molecule has 0 aromatic heterocycles. The molecule has 0 fully saturated rings. The van der Waals surface area contributed by atoms with Crippen molar-refractivity contribution < 1.29 is 22.5 Å². The van der Waals surface area contributed by atoms with Gasteiger partial charge in [0.15, 0.2) is 0 Å². The number of methoxy groups -OCH3 is 2. The number of ether oxygens (including phenoxy) is 2. The minimum absolute atomic E-state index is 0.179. The number of carbonyl (C=O) groups excluding carboxylic acids is 1. The Morgan fingerprint density at radius 1 is 0.667 bits per heavy atom. The van der Waals surface area contributed by atoms with E-state index in [2.05, 4.69) is 0 Å². The van der Waals surface area contributed by atoms with Crippen molar-refractivity contribution in [3.63, 3.8) is 0 Å². The van der Waals surface area contributed by atoms with Gasteiger partial charge in [-0.05, 0) is 69.8 Å². The summed E-state index contributed by atoms with van der Waals surface area (Å²) in [5.74, 6) is 0.769. The van der Waals surface area contributed by atoms with E-state index in [1.807, 2.05) is 48.5 Å². The van der Waals surface area contributed by atoms with Crippen LogP contribution in [0.15, 0.2) is 72.8 Å². The van der Waals surface area contributed by atoms with Crippen LogP contribution in [-0.2, 0) is 17.6 Å². The predicted molar refractivity (Wildman–Crippen MR) is 123 cm³/mol. The Balaban J connectivity index is 1.31. The van der Waals surface area contributed by atoms with E-state index < -0.39 is 14.1 Å². The fraction of sp³-hybridized carbons (Fsp3) is 0.222. The lowest BCUT2D eigenvalue weighted by Crippen LogP contribution is -2.02. The van der Waals surface area contributed by atoms with E-state index in [1.165, 1.54) is 0 Å². The highest BCUT2D eigenvalue weighted by Crippen LogP contribution is 2.24. The van der Waals surface area contributed by atoms with Crippen LogP contribution in [0, 0.1) is 0 Å². The smallest absolute Gasteiger partial charge is 0.133 e. The van der Waals surface area contributed by atoms with Gasteiger partial charge >= 0.3 is 0 Å². The molecule has 30 heavy (non-hydrogen) atoms. The molecule has 0 saturated heterocycles. The van der Waals surface area contributed by atoms with Crippen LogP contribution in [0.5, 0.6) is 11.5 Å². The molecule has 0 saturated carbocycles. The number of hydrogen-bond donors (Lipinski definition) is 0. The maximum Gasteiger partial charge on any atom is 0.133 e. The van der Waals surface area contributed by atoms with Crippen LogP contribution in [0.3, 0.4) is 0 Å². The highest BCUT2D eigenvalue weighted by Gasteiger charge is 2.06. The minimum Gasteiger partial charge on any atom is -0.497 e. The van der Waals surface area contributed by atoms with Gasteiger partial charge in [0.2, 0.25) is 0 Å². The molecule has 152 valence electrons. The topological polar surface area (TPSA) is 35.5 Å². The third kappa shape index (κ3) is 4.62. The van der Waals surface area contributed by atoms with Crippen molar-refractivity contribution >= 4 is 27.3 Å². The first kappa shape index (κ1) is 13.8. The Hall–Kier alpha value is -3.33. The van der Waals surface area contributed by atoms with Gasteiger partial charge in [-0.2, -0.15) is 0 Å². The fourth-order valence-electron chi connectivity index (χ4n) is 3.68. The van der Waals surface area contributed by atoms with Crippen molar-refractivity contribution in [1.82, 2.24) is 0 Å². The maximum absolute atomic E-state index is 12.5. The van der Waals surface area contributed by atoms with Crippen LogP contribution in [0.2, 0.25) is 0 Å². The van der Waals surface area contributed by atoms with Crippen molar-refractivity contribution in [2.24, 2.45) is 0 Å². The molecule has 4 aromatic rings. The van der Waals surface area contributed by atoms with Crippen LogP contribution in [0.1, 0.15) is 32.2 Å². The minimum atomic E-state index is -2.49. The van der Waals surface area contributed by atoms with E-state index in [-0.39, 0.29) is 5.78 Å². The molecule has 0 aliphatic rings. The Kier molecular flexibility index (Phi) is 4.14. The average molecular weight is 405 g/mol. The molecule has 4 aromatic carbocycles. The van der Waals surface area contributed by atoms with E-state index in [0.717, 1.165) is 32.7 Å². The SMILES string of the molecule is [2H]C([2H])([2H])Oc1ccc2cc(CCC(=O)CCc3ccc4cc(OC([2H])([2H])[2H])ccc4c3)ccc2c1. The Morgan fingerprint density at radius 2 is 1.10 bits per heavy atom. The van der Waals surface area contributed by atoms with Gasteiger partial charge in [-0.25, -0.2) is 0 Å². The number of aryl methyl sites for hydroxylation is 2. The molecule has 0 bridgehead atoms. The van der Waals surface area contributed by atoms with Crippen LogP contribution in [-0.4, -0.2) is 19.9 Å². The molecule has 0 N–H and O–H groups in total. The summed E-state index contributed by atoms with van der Waals surface area (Å²) in [6.45, 7) is 0. The van der Waals surface area contributed by atoms with Crippen LogP contribution < -0.4 is 9.47 Å². The zero-order valence-electron chi connectivity index (χ0n) is 22.5. The molecule has 3 heteroatoms. The first-order valence-corrected chi connectivity index (χ1v) is 9.89. The number of carbonyl (C=O) groups is 1. The van der Waals surface area contributed by atoms with Gasteiger partial charge in [-0.3, -0.25) is 4.79 Å². The van der Waals surface area contributed by atoms with Crippen molar-refractivity contribution in [2.75, 3.05) is 14.1 Å². The van der Waals surface area contributed by atoms with Crippen molar-refractivity contribution in [2.45, 2.75) is 25.7 Å². The summed E-state index contributed by atoms with van der Waals surface area (Å²) in [7, 11) is -4.97. The lowest BCUT2D eigenvalue weighted by molar-refractivity contribution is -0.119. The van der Waals surface area contributed by atoms with Crippen molar-refractivity contribution in [3.8, 4) is 11.5 Å². The molecule has 0 unspecified atom stereocenters. The third-order valence-corrected chi connectivity index (χ3v) is 5.37. The molecular weight excluding hydrogens is 372 g/mol. The van der Waals surface area contributed by atoms with Crippen LogP contribution in [0.4, 0.5) is 0 Å². The highest BCUT2D eigenvalue weighted by atomic mass is 16.5. The van der Waals surface area contributed by atoms with Crippen molar-refractivity contribution in [1.29, 1.82) is 0 Å².